The number of amides is 1. The first-order valence-electron chi connectivity index (χ1n) is 9.79. The highest BCUT2D eigenvalue weighted by Crippen LogP contribution is 2.12. The second-order valence-corrected chi connectivity index (χ2v) is 9.55. The van der Waals surface area contributed by atoms with Crippen molar-refractivity contribution in [2.24, 2.45) is 0 Å². The number of rotatable bonds is 12. The lowest BCUT2D eigenvalue weighted by Gasteiger charge is -2.25. The van der Waals surface area contributed by atoms with Crippen molar-refractivity contribution in [2.45, 2.75) is 31.5 Å². The average molecular weight is 471 g/mol. The summed E-state index contributed by atoms with van der Waals surface area (Å²) in [6.45, 7) is 0.801. The molecule has 3 N–H and O–H groups in total. The summed E-state index contributed by atoms with van der Waals surface area (Å²) in [6.07, 6.45) is 0.554. The molecule has 31 heavy (non-hydrogen) atoms. The zero-order valence-corrected chi connectivity index (χ0v) is 19.4. The van der Waals surface area contributed by atoms with Crippen LogP contribution in [0.1, 0.15) is 17.5 Å². The minimum atomic E-state index is -3.23. The molecule has 0 aliphatic heterocycles. The van der Waals surface area contributed by atoms with Gasteiger partial charge in [0, 0.05) is 25.8 Å². The minimum Gasteiger partial charge on any atom is -0.497 e. The van der Waals surface area contributed by atoms with Crippen LogP contribution in [0.4, 0.5) is 0 Å². The maximum Gasteiger partial charge on any atom is 0.221 e. The van der Waals surface area contributed by atoms with E-state index in [1.165, 1.54) is 0 Å². The first-order chi connectivity index (χ1) is 14.3. The molecule has 0 heterocycles. The molecule has 0 aliphatic rings. The summed E-state index contributed by atoms with van der Waals surface area (Å²) in [4.78, 5) is 12.2. The van der Waals surface area contributed by atoms with Gasteiger partial charge in [-0.05, 0) is 29.7 Å². The fourth-order valence-corrected chi connectivity index (χ4v) is 3.55. The molecule has 0 aliphatic carbocycles. The van der Waals surface area contributed by atoms with Gasteiger partial charge in [0.1, 0.15) is 15.6 Å². The third-order valence-corrected chi connectivity index (χ3v) is 5.57. The van der Waals surface area contributed by atoms with Gasteiger partial charge in [0.2, 0.25) is 5.91 Å². The van der Waals surface area contributed by atoms with Gasteiger partial charge in [-0.2, -0.15) is 0 Å². The van der Waals surface area contributed by atoms with Crippen LogP contribution in [0.3, 0.4) is 0 Å². The van der Waals surface area contributed by atoms with Crippen molar-refractivity contribution in [3.8, 4) is 5.75 Å². The molecule has 0 bridgehead atoms. The molecule has 2 rings (SSSR count). The van der Waals surface area contributed by atoms with Crippen LogP contribution >= 0.6 is 12.4 Å². The molecule has 172 valence electrons. The smallest absolute Gasteiger partial charge is 0.221 e. The van der Waals surface area contributed by atoms with Crippen molar-refractivity contribution in [1.29, 1.82) is 0 Å². The number of aliphatic hydroxyl groups excluding tert-OH is 1. The molecular formula is C22H31ClN2O5S. The maximum absolute atomic E-state index is 12.2. The van der Waals surface area contributed by atoms with E-state index in [0.717, 1.165) is 23.1 Å². The van der Waals surface area contributed by atoms with Crippen molar-refractivity contribution in [1.82, 2.24) is 10.6 Å². The Morgan fingerprint density at radius 1 is 1.10 bits per heavy atom. The fraction of sp³-hybridized carbons (Fsp3) is 0.409. The van der Waals surface area contributed by atoms with E-state index in [0.29, 0.717) is 13.0 Å². The number of nitrogens with one attached hydrogen (secondary N) is 2. The summed E-state index contributed by atoms with van der Waals surface area (Å²) in [5.41, 5.74) is 1.98. The van der Waals surface area contributed by atoms with Crippen LogP contribution in [0.15, 0.2) is 54.6 Å². The predicted molar refractivity (Wildman–Crippen MR) is 124 cm³/mol. The van der Waals surface area contributed by atoms with E-state index in [1.54, 1.807) is 7.11 Å². The highest BCUT2D eigenvalue weighted by Gasteiger charge is 2.22. The largest absolute Gasteiger partial charge is 0.497 e. The zero-order valence-electron chi connectivity index (χ0n) is 17.8. The van der Waals surface area contributed by atoms with Gasteiger partial charge in [0.25, 0.3) is 0 Å². The quantitative estimate of drug-likeness (QED) is 0.436. The summed E-state index contributed by atoms with van der Waals surface area (Å²) in [7, 11) is -1.62. The van der Waals surface area contributed by atoms with E-state index in [4.69, 9.17) is 4.74 Å². The fourth-order valence-electron chi connectivity index (χ4n) is 3.00. The number of carbonyl (C=O) groups excluding carboxylic acids is 1. The first kappa shape index (κ1) is 26.9. The van der Waals surface area contributed by atoms with Crippen molar-refractivity contribution in [3.05, 3.63) is 65.7 Å². The second-order valence-electron chi connectivity index (χ2n) is 7.29. The Morgan fingerprint density at radius 2 is 1.77 bits per heavy atom. The second kappa shape index (κ2) is 13.3. The third-order valence-electron chi connectivity index (χ3n) is 4.63. The van der Waals surface area contributed by atoms with E-state index in [-0.39, 0.29) is 31.1 Å². The van der Waals surface area contributed by atoms with Gasteiger partial charge in [-0.1, -0.05) is 42.5 Å². The molecule has 9 heteroatoms. The van der Waals surface area contributed by atoms with Crippen LogP contribution in [0.5, 0.6) is 5.75 Å². The van der Waals surface area contributed by atoms with Crippen LogP contribution < -0.4 is 15.4 Å². The molecule has 0 unspecified atom stereocenters. The Morgan fingerprint density at radius 3 is 2.42 bits per heavy atom. The lowest BCUT2D eigenvalue weighted by molar-refractivity contribution is -0.122. The normalized spacial score (nSPS) is 13.0. The SMILES string of the molecule is COc1cccc(CNC[C@@H](O)[C@H](Cc2ccccc2)NC(=O)CCS(C)(=O)=O)c1.Cl. The number of methoxy groups -OCH3 is 1. The average Bonchev–Trinajstić information content (AvgIpc) is 2.72. The third kappa shape index (κ3) is 10.6. The van der Waals surface area contributed by atoms with E-state index in [2.05, 4.69) is 10.6 Å². The van der Waals surface area contributed by atoms with Gasteiger partial charge >= 0.3 is 0 Å². The van der Waals surface area contributed by atoms with Crippen LogP contribution in [-0.4, -0.2) is 57.2 Å². The van der Waals surface area contributed by atoms with Gasteiger partial charge < -0.3 is 20.5 Å². The molecule has 2 aromatic carbocycles. The molecule has 0 fully saturated rings. The Kier molecular flexibility index (Phi) is 11.6. The number of ether oxygens (including phenoxy) is 1. The Bertz CT molecular complexity index is 909. The molecule has 0 radical (unpaired) electrons. The number of carbonyl (C=O) groups is 1. The van der Waals surface area contributed by atoms with E-state index >= 15 is 0 Å². The van der Waals surface area contributed by atoms with E-state index < -0.39 is 27.9 Å². The molecule has 0 aromatic heterocycles. The molecule has 0 spiro atoms. The van der Waals surface area contributed by atoms with Crippen molar-refractivity contribution < 1.29 is 23.1 Å². The lowest BCUT2D eigenvalue weighted by atomic mass is 10.0. The van der Waals surface area contributed by atoms with Gasteiger partial charge in [-0.15, -0.1) is 12.4 Å². The number of halogens is 1. The standard InChI is InChI=1S/C22H30N2O5S.ClH/c1-29-19-10-6-9-18(13-19)15-23-16-21(25)20(14-17-7-4-3-5-8-17)24-22(26)11-12-30(2,27)28;/h3-10,13,20-21,23,25H,11-12,14-16H2,1-2H3,(H,24,26);1H/t20-,21+;/m0./s1. The number of sulfone groups is 1. The molecular weight excluding hydrogens is 440 g/mol. The van der Waals surface area contributed by atoms with Gasteiger partial charge in [0.15, 0.2) is 0 Å². The van der Waals surface area contributed by atoms with Crippen molar-refractivity contribution >= 4 is 28.2 Å². The summed E-state index contributed by atoms with van der Waals surface area (Å²) in [6, 6.07) is 16.6. The Hall–Kier alpha value is -2.13. The van der Waals surface area contributed by atoms with E-state index in [1.807, 2.05) is 54.6 Å². The van der Waals surface area contributed by atoms with Crippen molar-refractivity contribution in [3.63, 3.8) is 0 Å². The molecule has 2 aromatic rings. The van der Waals surface area contributed by atoms with E-state index in [9.17, 15) is 18.3 Å². The van der Waals surface area contributed by atoms with Crippen LogP contribution in [0.25, 0.3) is 0 Å². The van der Waals surface area contributed by atoms with Gasteiger partial charge in [0.05, 0.1) is 25.0 Å². The lowest BCUT2D eigenvalue weighted by Crippen LogP contribution is -2.48. The van der Waals surface area contributed by atoms with Gasteiger partial charge in [-0.25, -0.2) is 8.42 Å². The summed E-state index contributed by atoms with van der Waals surface area (Å²) in [5.74, 6) is 0.143. The Labute approximate surface area is 190 Å². The molecule has 0 saturated heterocycles. The number of hydrogen-bond acceptors (Lipinski definition) is 6. The maximum atomic E-state index is 12.2. The van der Waals surface area contributed by atoms with Gasteiger partial charge in [-0.3, -0.25) is 4.79 Å². The predicted octanol–water partition coefficient (Wildman–Crippen LogP) is 1.73. The molecule has 2 atom stereocenters. The highest BCUT2D eigenvalue weighted by atomic mass is 35.5. The molecule has 0 saturated carbocycles. The summed E-state index contributed by atoms with van der Waals surface area (Å²) in [5, 5.41) is 16.7. The molecule has 7 nitrogen and oxygen atoms in total. The molecule has 1 amide bonds. The Balaban J connectivity index is 0.00000480. The highest BCUT2D eigenvalue weighted by molar-refractivity contribution is 7.90. The van der Waals surface area contributed by atoms with Crippen LogP contribution in [-0.2, 0) is 27.6 Å². The van der Waals surface area contributed by atoms with Crippen LogP contribution in [0, 0.1) is 0 Å². The monoisotopic (exact) mass is 470 g/mol. The summed E-state index contributed by atoms with van der Waals surface area (Å²) >= 11 is 0. The number of hydrogen-bond donors (Lipinski definition) is 3. The topological polar surface area (TPSA) is 105 Å². The van der Waals surface area contributed by atoms with Crippen LogP contribution in [0.2, 0.25) is 0 Å². The van der Waals surface area contributed by atoms with Crippen molar-refractivity contribution in [2.75, 3.05) is 25.7 Å². The summed E-state index contributed by atoms with van der Waals surface area (Å²) < 4.78 is 27.8. The zero-order chi connectivity index (χ0) is 22.0. The minimum absolute atomic E-state index is 0. The number of aliphatic hydroxyl groups is 1. The number of benzene rings is 2. The first-order valence-corrected chi connectivity index (χ1v) is 11.9.